The molecule has 0 unspecified atom stereocenters. The van der Waals surface area contributed by atoms with Gasteiger partial charge < -0.3 is 4.57 Å². The van der Waals surface area contributed by atoms with Gasteiger partial charge in [-0.2, -0.15) is 0 Å². The van der Waals surface area contributed by atoms with Gasteiger partial charge in [0.1, 0.15) is 11.7 Å². The Hall–Kier alpha value is -3.98. The highest BCUT2D eigenvalue weighted by molar-refractivity contribution is 6.16. The lowest BCUT2D eigenvalue weighted by Crippen LogP contribution is -2.56. The van der Waals surface area contributed by atoms with Crippen LogP contribution in [-0.2, 0) is 12.1 Å². The summed E-state index contributed by atoms with van der Waals surface area (Å²) in [7, 11) is 0. The zero-order chi connectivity index (χ0) is 24.2. The number of para-hydroxylation sites is 1. The summed E-state index contributed by atoms with van der Waals surface area (Å²) >= 11 is 0. The molecule has 3 nitrogen and oxygen atoms in total. The largest absolute Gasteiger partial charge is 0.340 e. The fraction of sp³-hybridized carbons (Fsp3) is 0.188. The number of hydrogen-bond acceptors (Lipinski definition) is 1. The molecule has 6 rings (SSSR count). The van der Waals surface area contributed by atoms with Crippen LogP contribution in [0, 0.1) is 6.92 Å². The second-order valence-corrected chi connectivity index (χ2v) is 9.77. The molecule has 0 amide bonds. The Balaban J connectivity index is 1.98. The molecule has 0 fully saturated rings. The fourth-order valence-electron chi connectivity index (χ4n) is 5.98. The van der Waals surface area contributed by atoms with Crippen LogP contribution in [0.25, 0.3) is 44.6 Å². The van der Waals surface area contributed by atoms with E-state index in [1.165, 1.54) is 49.3 Å². The normalized spacial score (nSPS) is 12.6. The number of hydrogen-bond donors (Lipinski definition) is 0. The van der Waals surface area contributed by atoms with Crippen molar-refractivity contribution in [2.24, 2.45) is 0 Å². The molecular weight excluding hydrogens is 426 g/mol. The van der Waals surface area contributed by atoms with Crippen molar-refractivity contribution in [2.45, 2.75) is 39.8 Å². The first-order chi connectivity index (χ1) is 17.0. The van der Waals surface area contributed by atoms with Gasteiger partial charge >= 0.3 is 0 Å². The second-order valence-electron chi connectivity index (χ2n) is 9.77. The van der Waals surface area contributed by atoms with E-state index in [9.17, 15) is 0 Å². The monoisotopic (exact) mass is 456 g/mol. The van der Waals surface area contributed by atoms with Crippen LogP contribution in [-0.4, -0.2) is 9.55 Å². The highest BCUT2D eigenvalue weighted by Crippen LogP contribution is 2.39. The number of rotatable bonds is 3. The van der Waals surface area contributed by atoms with Gasteiger partial charge in [0.05, 0.1) is 11.9 Å². The van der Waals surface area contributed by atoms with E-state index in [2.05, 4.69) is 127 Å². The molecule has 0 N–H and O–H groups in total. The molecule has 0 aliphatic heterocycles. The lowest BCUT2D eigenvalue weighted by molar-refractivity contribution is -0.755. The Morgan fingerprint density at radius 2 is 1.51 bits per heavy atom. The number of benzene rings is 3. The Morgan fingerprint density at radius 3 is 2.29 bits per heavy atom. The highest BCUT2D eigenvalue weighted by atomic mass is 15.1. The topological polar surface area (TPSA) is 21.7 Å². The highest BCUT2D eigenvalue weighted by Gasteiger charge is 2.34. The predicted octanol–water partition coefficient (Wildman–Crippen LogP) is 7.35. The molecule has 1 aliphatic rings. The van der Waals surface area contributed by atoms with Crippen LogP contribution >= 0.6 is 0 Å². The molecule has 3 aromatic carbocycles. The lowest BCUT2D eigenvalue weighted by atomic mass is 9.92. The van der Waals surface area contributed by atoms with Crippen molar-refractivity contribution in [1.29, 1.82) is 0 Å². The molecular formula is C32H30N3+. The van der Waals surface area contributed by atoms with Crippen molar-refractivity contribution >= 4 is 44.6 Å². The second kappa shape index (κ2) is 8.06. The first kappa shape index (κ1) is 21.5. The molecule has 0 bridgehead atoms. The average molecular weight is 457 g/mol. The van der Waals surface area contributed by atoms with Crippen LogP contribution in [0.2, 0.25) is 0 Å². The van der Waals surface area contributed by atoms with Crippen molar-refractivity contribution < 1.29 is 4.57 Å². The van der Waals surface area contributed by atoms with E-state index in [1.807, 2.05) is 12.3 Å². The molecule has 0 spiro atoms. The maximum atomic E-state index is 4.64. The molecule has 0 saturated carbocycles. The summed E-state index contributed by atoms with van der Waals surface area (Å²) in [4.78, 5) is 4.64. The van der Waals surface area contributed by atoms with E-state index in [0.29, 0.717) is 0 Å². The molecule has 0 atom stereocenters. The van der Waals surface area contributed by atoms with Crippen LogP contribution < -0.4 is 4.57 Å². The van der Waals surface area contributed by atoms with E-state index in [-0.39, 0.29) is 5.54 Å². The molecule has 2 heterocycles. The Labute approximate surface area is 206 Å². The molecule has 172 valence electrons. The van der Waals surface area contributed by atoms with E-state index in [0.717, 1.165) is 12.4 Å². The van der Waals surface area contributed by atoms with Gasteiger partial charge in [0.15, 0.2) is 0 Å². The molecule has 0 radical (unpaired) electrons. The van der Waals surface area contributed by atoms with E-state index < -0.39 is 0 Å². The van der Waals surface area contributed by atoms with E-state index in [4.69, 9.17) is 0 Å². The lowest BCUT2D eigenvalue weighted by Gasteiger charge is -2.29. The maximum Gasteiger partial charge on any atom is 0.295 e. The van der Waals surface area contributed by atoms with Gasteiger partial charge in [0.25, 0.3) is 5.82 Å². The minimum absolute atomic E-state index is 0.360. The zero-order valence-electron chi connectivity index (χ0n) is 20.8. The Kier molecular flexibility index (Phi) is 4.96. The van der Waals surface area contributed by atoms with Gasteiger partial charge in [-0.15, -0.1) is 0 Å². The van der Waals surface area contributed by atoms with E-state index in [1.54, 1.807) is 0 Å². The summed E-state index contributed by atoms with van der Waals surface area (Å²) in [5, 5.41) is 6.40. The summed E-state index contributed by atoms with van der Waals surface area (Å²) in [5.74, 6) is 0.993. The van der Waals surface area contributed by atoms with Crippen molar-refractivity contribution in [3.8, 4) is 0 Å². The third-order valence-electron chi connectivity index (χ3n) is 7.45. The summed E-state index contributed by atoms with van der Waals surface area (Å²) in [6.45, 7) is 9.82. The summed E-state index contributed by atoms with van der Waals surface area (Å²) in [6.07, 6.45) is 8.59. The van der Waals surface area contributed by atoms with Crippen molar-refractivity contribution in [3.63, 3.8) is 0 Å². The third-order valence-corrected chi connectivity index (χ3v) is 7.45. The number of aryl methyl sites for hydroxylation is 2. The molecule has 2 aromatic heterocycles. The van der Waals surface area contributed by atoms with Crippen LogP contribution in [0.1, 0.15) is 43.4 Å². The van der Waals surface area contributed by atoms with E-state index >= 15 is 0 Å². The molecule has 5 aromatic rings. The quantitative estimate of drug-likeness (QED) is 0.255. The standard InChI is InChI=1S/C32H30N3/c1-5-34-29-17-9-8-15-26(29)24-13-6-7-14-25(24)27-19-18-23-12-10-16-28(30(23)27)31(34)32(3,4)35-21-11-20-33-22(35)2/h6-21H,5H2,1-4H3/q+1. The summed E-state index contributed by atoms with van der Waals surface area (Å²) in [5.41, 5.74) is 4.71. The minimum atomic E-state index is -0.360. The zero-order valence-corrected chi connectivity index (χ0v) is 20.8. The third kappa shape index (κ3) is 3.19. The first-order valence-corrected chi connectivity index (χ1v) is 12.4. The molecule has 1 aliphatic carbocycles. The van der Waals surface area contributed by atoms with Gasteiger partial charge in [-0.25, -0.2) is 4.57 Å². The first-order valence-electron chi connectivity index (χ1n) is 12.4. The molecule has 0 saturated heterocycles. The van der Waals surface area contributed by atoms with Crippen LogP contribution in [0.3, 0.4) is 0 Å². The number of aromatic nitrogens is 3. The summed E-state index contributed by atoms with van der Waals surface area (Å²) in [6, 6.07) is 26.4. The minimum Gasteiger partial charge on any atom is -0.340 e. The van der Waals surface area contributed by atoms with Crippen molar-refractivity contribution in [3.05, 3.63) is 108 Å². The van der Waals surface area contributed by atoms with Crippen LogP contribution in [0.5, 0.6) is 0 Å². The van der Waals surface area contributed by atoms with Crippen molar-refractivity contribution in [1.82, 2.24) is 9.55 Å². The van der Waals surface area contributed by atoms with Crippen molar-refractivity contribution in [2.75, 3.05) is 0 Å². The predicted molar refractivity (Wildman–Crippen MR) is 147 cm³/mol. The maximum absolute atomic E-state index is 4.64. The van der Waals surface area contributed by atoms with Crippen LogP contribution in [0.4, 0.5) is 0 Å². The smallest absolute Gasteiger partial charge is 0.295 e. The molecule has 3 heteroatoms. The Morgan fingerprint density at radius 1 is 0.800 bits per heavy atom. The molecule has 35 heavy (non-hydrogen) atoms. The Bertz CT molecular complexity index is 1720. The van der Waals surface area contributed by atoms with Gasteiger partial charge in [0, 0.05) is 35.8 Å². The van der Waals surface area contributed by atoms with Gasteiger partial charge in [-0.1, -0.05) is 77.8 Å². The SMILES string of the molecule is CCn1c(C(C)(C)[n+]2cccnc2C)c2cccc3c2c(c2ccccc2c2ccccc21)C=C3. The van der Waals surface area contributed by atoms with Crippen LogP contribution in [0.15, 0.2) is 85.2 Å². The average Bonchev–Trinajstić information content (AvgIpc) is 3.32. The number of fused-ring (bicyclic) bond motifs is 4. The van der Waals surface area contributed by atoms with Gasteiger partial charge in [-0.3, -0.25) is 0 Å². The number of nitrogens with zero attached hydrogens (tertiary/aromatic N) is 3. The van der Waals surface area contributed by atoms with Gasteiger partial charge in [-0.05, 0) is 54.1 Å². The fourth-order valence-corrected chi connectivity index (χ4v) is 5.98. The summed E-state index contributed by atoms with van der Waals surface area (Å²) < 4.78 is 4.82. The van der Waals surface area contributed by atoms with Gasteiger partial charge in [0.2, 0.25) is 0 Å².